The lowest BCUT2D eigenvalue weighted by molar-refractivity contribution is -0.144. The van der Waals surface area contributed by atoms with Gasteiger partial charge in [0.25, 0.3) is 0 Å². The van der Waals surface area contributed by atoms with Crippen LogP contribution in [0.4, 0.5) is 0 Å². The molecular weight excluding hydrogens is 496 g/mol. The first kappa shape index (κ1) is 26.6. The Morgan fingerprint density at radius 3 is 2.38 bits per heavy atom. The number of carboxylic acid groups (broad SMARTS) is 1. The van der Waals surface area contributed by atoms with Crippen LogP contribution >= 0.6 is 0 Å². The highest BCUT2D eigenvalue weighted by atomic mass is 16.7. The summed E-state index contributed by atoms with van der Waals surface area (Å²) in [5.41, 5.74) is 2.46. The molecule has 2 aliphatic heterocycles. The fourth-order valence-corrected chi connectivity index (χ4v) is 5.66. The van der Waals surface area contributed by atoms with Gasteiger partial charge in [0.15, 0.2) is 11.5 Å². The number of aliphatic carboxylic acids is 1. The molecule has 2 aliphatic rings. The van der Waals surface area contributed by atoms with E-state index in [2.05, 4.69) is 5.32 Å². The summed E-state index contributed by atoms with van der Waals surface area (Å²) in [5.74, 6) is -0.364. The number of nitrogens with one attached hydrogen (secondary N) is 1. The molecule has 8 nitrogen and oxygen atoms in total. The molecule has 3 aromatic rings. The normalized spacial score (nSPS) is 21.8. The Morgan fingerprint density at radius 2 is 1.72 bits per heavy atom. The molecule has 5 rings (SSSR count). The number of carbonyl (C=O) groups excluding carboxylic acids is 1. The molecule has 1 amide bonds. The standard InChI is InChI=1S/C31H34N2O6/c1-4-19(2)32-30(34)29(20-8-6-5-7-9-20)33-17-24(22-12-15-25-26(16-22)39-18-38-25)27(31(35)36)28(33)21-10-13-23(37-3)14-11-21/h5-16,19,24,27-29H,4,17-18H2,1-3H3,(H,32,34)(H,35,36). The van der Waals surface area contributed by atoms with Crippen molar-refractivity contribution in [2.24, 2.45) is 5.92 Å². The third-order valence-corrected chi connectivity index (χ3v) is 7.80. The molecule has 39 heavy (non-hydrogen) atoms. The number of hydrogen-bond acceptors (Lipinski definition) is 6. The van der Waals surface area contributed by atoms with Crippen molar-refractivity contribution in [1.82, 2.24) is 10.2 Å². The van der Waals surface area contributed by atoms with Crippen LogP contribution in [-0.2, 0) is 9.59 Å². The van der Waals surface area contributed by atoms with Gasteiger partial charge in [-0.3, -0.25) is 14.5 Å². The first-order valence-electron chi connectivity index (χ1n) is 13.3. The van der Waals surface area contributed by atoms with E-state index in [0.717, 1.165) is 23.1 Å². The summed E-state index contributed by atoms with van der Waals surface area (Å²) >= 11 is 0. The smallest absolute Gasteiger partial charge is 0.309 e. The highest BCUT2D eigenvalue weighted by Crippen LogP contribution is 2.51. The van der Waals surface area contributed by atoms with Crippen LogP contribution in [0, 0.1) is 5.92 Å². The second-order valence-electron chi connectivity index (χ2n) is 10.1. The number of ether oxygens (including phenoxy) is 3. The van der Waals surface area contributed by atoms with Crippen molar-refractivity contribution < 1.29 is 28.9 Å². The Bertz CT molecular complexity index is 1310. The second-order valence-corrected chi connectivity index (χ2v) is 10.1. The predicted molar refractivity (Wildman–Crippen MR) is 146 cm³/mol. The summed E-state index contributed by atoms with van der Waals surface area (Å²) in [6.45, 7) is 4.49. The number of carbonyl (C=O) groups is 2. The summed E-state index contributed by atoms with van der Waals surface area (Å²) in [5, 5.41) is 13.8. The number of nitrogens with zero attached hydrogens (tertiary/aromatic N) is 1. The second kappa shape index (κ2) is 11.4. The Kier molecular flexibility index (Phi) is 7.74. The van der Waals surface area contributed by atoms with Gasteiger partial charge in [-0.15, -0.1) is 0 Å². The third-order valence-electron chi connectivity index (χ3n) is 7.80. The van der Waals surface area contributed by atoms with Crippen LogP contribution in [0.25, 0.3) is 0 Å². The van der Waals surface area contributed by atoms with E-state index in [9.17, 15) is 14.7 Å². The number of likely N-dealkylation sites (tertiary alicyclic amines) is 1. The summed E-state index contributed by atoms with van der Waals surface area (Å²) in [6.07, 6.45) is 0.784. The first-order chi connectivity index (χ1) is 18.9. The summed E-state index contributed by atoms with van der Waals surface area (Å²) in [6, 6.07) is 21.3. The van der Waals surface area contributed by atoms with Gasteiger partial charge in [0.1, 0.15) is 11.8 Å². The van der Waals surface area contributed by atoms with Crippen molar-refractivity contribution in [3.8, 4) is 17.2 Å². The van der Waals surface area contributed by atoms with Gasteiger partial charge in [0.05, 0.1) is 13.0 Å². The fraction of sp³-hybridized carbons (Fsp3) is 0.355. The maximum Gasteiger partial charge on any atom is 0.309 e. The van der Waals surface area contributed by atoms with E-state index in [-0.39, 0.29) is 18.7 Å². The molecule has 204 valence electrons. The Morgan fingerprint density at radius 1 is 1.03 bits per heavy atom. The van der Waals surface area contributed by atoms with E-state index in [1.54, 1.807) is 7.11 Å². The van der Waals surface area contributed by atoms with Crippen molar-refractivity contribution in [3.05, 3.63) is 89.5 Å². The van der Waals surface area contributed by atoms with Gasteiger partial charge in [-0.1, -0.05) is 55.5 Å². The lowest BCUT2D eigenvalue weighted by Crippen LogP contribution is -2.44. The maximum atomic E-state index is 13.9. The number of methoxy groups -OCH3 is 1. The van der Waals surface area contributed by atoms with Gasteiger partial charge in [-0.25, -0.2) is 0 Å². The van der Waals surface area contributed by atoms with Crippen LogP contribution < -0.4 is 19.5 Å². The molecule has 0 spiro atoms. The number of amides is 1. The van der Waals surface area contributed by atoms with Crippen molar-refractivity contribution in [2.75, 3.05) is 20.4 Å². The van der Waals surface area contributed by atoms with Crippen molar-refractivity contribution in [3.63, 3.8) is 0 Å². The molecule has 0 radical (unpaired) electrons. The van der Waals surface area contributed by atoms with E-state index >= 15 is 0 Å². The fourth-order valence-electron chi connectivity index (χ4n) is 5.66. The molecule has 3 aromatic carbocycles. The van der Waals surface area contributed by atoms with Crippen molar-refractivity contribution >= 4 is 11.9 Å². The molecule has 1 saturated heterocycles. The maximum absolute atomic E-state index is 13.9. The Balaban J connectivity index is 1.64. The molecule has 2 heterocycles. The lowest BCUT2D eigenvalue weighted by atomic mass is 9.82. The Hall–Kier alpha value is -4.04. The quantitative estimate of drug-likeness (QED) is 0.405. The van der Waals surface area contributed by atoms with Gasteiger partial charge in [0.2, 0.25) is 12.7 Å². The van der Waals surface area contributed by atoms with Gasteiger partial charge < -0.3 is 24.6 Å². The summed E-state index contributed by atoms with van der Waals surface area (Å²) < 4.78 is 16.5. The van der Waals surface area contributed by atoms with E-state index < -0.39 is 29.9 Å². The zero-order chi connectivity index (χ0) is 27.5. The van der Waals surface area contributed by atoms with Gasteiger partial charge >= 0.3 is 5.97 Å². The minimum atomic E-state index is -0.921. The largest absolute Gasteiger partial charge is 0.497 e. The number of fused-ring (bicyclic) bond motifs is 1. The van der Waals surface area contributed by atoms with Gasteiger partial charge in [-0.05, 0) is 54.3 Å². The lowest BCUT2D eigenvalue weighted by Gasteiger charge is -2.34. The molecule has 2 N–H and O–H groups in total. The molecular formula is C31H34N2O6. The van der Waals surface area contributed by atoms with Crippen molar-refractivity contribution in [2.45, 2.75) is 44.3 Å². The number of benzene rings is 3. The average Bonchev–Trinajstić information content (AvgIpc) is 3.58. The van der Waals surface area contributed by atoms with E-state index in [1.807, 2.05) is 91.5 Å². The molecule has 8 heteroatoms. The predicted octanol–water partition coefficient (Wildman–Crippen LogP) is 4.92. The van der Waals surface area contributed by atoms with Crippen LogP contribution in [0.3, 0.4) is 0 Å². The summed E-state index contributed by atoms with van der Waals surface area (Å²) in [4.78, 5) is 29.0. The molecule has 5 atom stereocenters. The van der Waals surface area contributed by atoms with E-state index in [1.165, 1.54) is 0 Å². The minimum Gasteiger partial charge on any atom is -0.497 e. The number of rotatable bonds is 9. The van der Waals surface area contributed by atoms with Crippen LogP contribution in [0.1, 0.15) is 55.0 Å². The monoisotopic (exact) mass is 530 g/mol. The molecule has 0 bridgehead atoms. The summed E-state index contributed by atoms with van der Waals surface area (Å²) in [7, 11) is 1.59. The molecule has 1 fully saturated rings. The molecule has 0 aliphatic carbocycles. The van der Waals surface area contributed by atoms with Gasteiger partial charge in [0, 0.05) is 24.5 Å². The topological polar surface area (TPSA) is 97.3 Å². The van der Waals surface area contributed by atoms with Crippen molar-refractivity contribution in [1.29, 1.82) is 0 Å². The Labute approximate surface area is 228 Å². The zero-order valence-electron chi connectivity index (χ0n) is 22.4. The SMILES string of the molecule is CCC(C)NC(=O)C(c1ccccc1)N1CC(c2ccc3c(c2)OCO3)C(C(=O)O)C1c1ccc(OC)cc1. The first-order valence-corrected chi connectivity index (χ1v) is 13.3. The average molecular weight is 531 g/mol. The van der Waals surface area contributed by atoms with Crippen LogP contribution in [0.2, 0.25) is 0 Å². The minimum absolute atomic E-state index is 0.0225. The van der Waals surface area contributed by atoms with Crippen LogP contribution in [-0.4, -0.2) is 48.4 Å². The van der Waals surface area contributed by atoms with Crippen LogP contribution in [0.5, 0.6) is 17.2 Å². The number of carboxylic acids is 1. The molecule has 0 aromatic heterocycles. The molecule has 5 unspecified atom stereocenters. The third kappa shape index (κ3) is 5.29. The number of hydrogen-bond donors (Lipinski definition) is 2. The highest BCUT2D eigenvalue weighted by molar-refractivity contribution is 5.84. The highest BCUT2D eigenvalue weighted by Gasteiger charge is 2.51. The van der Waals surface area contributed by atoms with Gasteiger partial charge in [-0.2, -0.15) is 0 Å². The van der Waals surface area contributed by atoms with E-state index in [4.69, 9.17) is 14.2 Å². The van der Waals surface area contributed by atoms with Crippen LogP contribution in [0.15, 0.2) is 72.8 Å². The zero-order valence-corrected chi connectivity index (χ0v) is 22.4. The molecule has 0 saturated carbocycles. The van der Waals surface area contributed by atoms with E-state index in [0.29, 0.717) is 23.8 Å².